The third-order valence-electron chi connectivity index (χ3n) is 3.91. The van der Waals surface area contributed by atoms with E-state index in [1.54, 1.807) is 19.0 Å². The molecule has 1 aromatic carbocycles. The second kappa shape index (κ2) is 8.38. The van der Waals surface area contributed by atoms with Gasteiger partial charge in [0.1, 0.15) is 6.54 Å². The van der Waals surface area contributed by atoms with Gasteiger partial charge in [-0.25, -0.2) is 4.99 Å². The molecule has 0 fully saturated rings. The molecule has 6 nitrogen and oxygen atoms in total. The van der Waals surface area contributed by atoms with Crippen molar-refractivity contribution in [1.29, 1.82) is 0 Å². The number of nitrogens with one attached hydrogen (secondary N) is 3. The number of amides is 1. The molecule has 6 heteroatoms. The Morgan fingerprint density at radius 1 is 1.25 bits per heavy atom. The number of likely N-dealkylation sites (N-methyl/N-ethyl adjacent to an activating group) is 1. The maximum atomic E-state index is 11.7. The number of nitrogens with zero attached hydrogens (tertiary/aromatic N) is 2. The highest BCUT2D eigenvalue weighted by atomic mass is 16.2. The van der Waals surface area contributed by atoms with Crippen molar-refractivity contribution >= 4 is 22.8 Å². The molecule has 0 spiro atoms. The molecular formula is C18H27N5O. The summed E-state index contributed by atoms with van der Waals surface area (Å²) >= 11 is 0. The van der Waals surface area contributed by atoms with Gasteiger partial charge < -0.3 is 20.5 Å². The van der Waals surface area contributed by atoms with Crippen molar-refractivity contribution in [3.05, 3.63) is 35.5 Å². The number of para-hydroxylation sites is 1. The van der Waals surface area contributed by atoms with Gasteiger partial charge in [-0.3, -0.25) is 4.79 Å². The van der Waals surface area contributed by atoms with Crippen LogP contribution in [0.25, 0.3) is 10.9 Å². The number of hydrogen-bond donors (Lipinski definition) is 3. The van der Waals surface area contributed by atoms with E-state index in [-0.39, 0.29) is 12.5 Å². The maximum Gasteiger partial charge on any atom is 0.243 e. The van der Waals surface area contributed by atoms with Crippen LogP contribution in [0, 0.1) is 6.92 Å². The van der Waals surface area contributed by atoms with E-state index in [1.807, 2.05) is 13.0 Å². The van der Waals surface area contributed by atoms with Crippen molar-refractivity contribution in [3.8, 4) is 0 Å². The van der Waals surface area contributed by atoms with Gasteiger partial charge in [-0.2, -0.15) is 0 Å². The number of aromatic amines is 1. The standard InChI is InChI=1S/C18H27N5O/c1-5-19-18(21-12-17(24)23(3)4)20-11-10-14-13(2)22-16-9-7-6-8-15(14)16/h6-9,22H,5,10-12H2,1-4H3,(H2,19,20,21). The summed E-state index contributed by atoms with van der Waals surface area (Å²) in [6.45, 7) is 5.77. The van der Waals surface area contributed by atoms with Crippen LogP contribution in [-0.2, 0) is 11.2 Å². The van der Waals surface area contributed by atoms with Crippen LogP contribution in [0.2, 0.25) is 0 Å². The minimum atomic E-state index is -0.0142. The van der Waals surface area contributed by atoms with Crippen LogP contribution in [0.3, 0.4) is 0 Å². The lowest BCUT2D eigenvalue weighted by atomic mass is 10.1. The molecule has 2 aromatic rings. The summed E-state index contributed by atoms with van der Waals surface area (Å²) in [7, 11) is 3.47. The minimum Gasteiger partial charge on any atom is -0.358 e. The third kappa shape index (κ3) is 4.50. The van der Waals surface area contributed by atoms with Crippen molar-refractivity contribution in [1.82, 2.24) is 20.5 Å². The number of benzene rings is 1. The summed E-state index contributed by atoms with van der Waals surface area (Å²) in [5.41, 5.74) is 3.68. The van der Waals surface area contributed by atoms with Gasteiger partial charge in [0, 0.05) is 43.8 Å². The molecule has 2 rings (SSSR count). The zero-order chi connectivity index (χ0) is 17.5. The van der Waals surface area contributed by atoms with Crippen LogP contribution in [0.4, 0.5) is 0 Å². The van der Waals surface area contributed by atoms with Crippen molar-refractivity contribution in [2.24, 2.45) is 4.99 Å². The Balaban J connectivity index is 1.98. The molecule has 1 aromatic heterocycles. The Hall–Kier alpha value is -2.50. The predicted molar refractivity (Wildman–Crippen MR) is 99.4 cm³/mol. The summed E-state index contributed by atoms with van der Waals surface area (Å²) < 4.78 is 0. The molecule has 0 atom stereocenters. The zero-order valence-corrected chi connectivity index (χ0v) is 14.9. The van der Waals surface area contributed by atoms with E-state index < -0.39 is 0 Å². The van der Waals surface area contributed by atoms with E-state index in [1.165, 1.54) is 22.2 Å². The fourth-order valence-corrected chi connectivity index (χ4v) is 2.59. The van der Waals surface area contributed by atoms with E-state index in [0.717, 1.165) is 19.5 Å². The molecule has 1 heterocycles. The minimum absolute atomic E-state index is 0.0142. The number of H-pyrrole nitrogens is 1. The van der Waals surface area contributed by atoms with Gasteiger partial charge in [-0.15, -0.1) is 0 Å². The van der Waals surface area contributed by atoms with Crippen LogP contribution in [0.1, 0.15) is 18.2 Å². The van der Waals surface area contributed by atoms with Crippen molar-refractivity contribution in [3.63, 3.8) is 0 Å². The van der Waals surface area contributed by atoms with E-state index >= 15 is 0 Å². The highest BCUT2D eigenvalue weighted by molar-refractivity contribution is 5.86. The number of guanidine groups is 1. The van der Waals surface area contributed by atoms with Gasteiger partial charge in [-0.05, 0) is 31.9 Å². The van der Waals surface area contributed by atoms with Crippen molar-refractivity contribution in [2.45, 2.75) is 20.3 Å². The summed E-state index contributed by atoms with van der Waals surface area (Å²) in [6, 6.07) is 8.34. The molecule has 130 valence electrons. The van der Waals surface area contributed by atoms with E-state index in [4.69, 9.17) is 0 Å². The average molecular weight is 329 g/mol. The molecule has 0 aliphatic rings. The molecule has 0 saturated heterocycles. The van der Waals surface area contributed by atoms with Crippen molar-refractivity contribution < 1.29 is 4.79 Å². The molecule has 24 heavy (non-hydrogen) atoms. The smallest absolute Gasteiger partial charge is 0.243 e. The largest absolute Gasteiger partial charge is 0.358 e. The topological polar surface area (TPSA) is 72.5 Å². The first-order valence-electron chi connectivity index (χ1n) is 8.31. The van der Waals surface area contributed by atoms with Crippen molar-refractivity contribution in [2.75, 3.05) is 33.7 Å². The van der Waals surface area contributed by atoms with Crippen LogP contribution in [0.15, 0.2) is 29.3 Å². The SMILES string of the molecule is CCNC(=NCC(=O)N(C)C)NCCc1c(C)[nH]c2ccccc12. The van der Waals surface area contributed by atoms with E-state index in [9.17, 15) is 4.79 Å². The summed E-state index contributed by atoms with van der Waals surface area (Å²) in [4.78, 5) is 21.0. The number of hydrogen-bond acceptors (Lipinski definition) is 2. The Morgan fingerprint density at radius 2 is 2.00 bits per heavy atom. The zero-order valence-electron chi connectivity index (χ0n) is 14.9. The Bertz CT molecular complexity index is 717. The maximum absolute atomic E-state index is 11.7. The molecule has 0 aliphatic carbocycles. The molecular weight excluding hydrogens is 302 g/mol. The quantitative estimate of drug-likeness (QED) is 0.557. The highest BCUT2D eigenvalue weighted by Gasteiger charge is 2.08. The number of aryl methyl sites for hydroxylation is 1. The molecule has 0 saturated carbocycles. The van der Waals surface area contributed by atoms with Crippen LogP contribution >= 0.6 is 0 Å². The summed E-state index contributed by atoms with van der Waals surface area (Å²) in [5, 5.41) is 7.73. The lowest BCUT2D eigenvalue weighted by Crippen LogP contribution is -2.39. The fraction of sp³-hybridized carbons (Fsp3) is 0.444. The van der Waals surface area contributed by atoms with Gasteiger partial charge in [0.05, 0.1) is 0 Å². The number of aromatic nitrogens is 1. The number of fused-ring (bicyclic) bond motifs is 1. The van der Waals surface area contributed by atoms with Crippen LogP contribution in [-0.4, -0.2) is 55.5 Å². The van der Waals surface area contributed by atoms with Gasteiger partial charge in [-0.1, -0.05) is 18.2 Å². The first-order chi connectivity index (χ1) is 11.5. The molecule has 0 aliphatic heterocycles. The summed E-state index contributed by atoms with van der Waals surface area (Å²) in [6.07, 6.45) is 0.891. The Kier molecular flexibility index (Phi) is 6.23. The first kappa shape index (κ1) is 17.8. The third-order valence-corrected chi connectivity index (χ3v) is 3.91. The first-order valence-corrected chi connectivity index (χ1v) is 8.31. The monoisotopic (exact) mass is 329 g/mol. The lowest BCUT2D eigenvalue weighted by molar-refractivity contribution is -0.127. The highest BCUT2D eigenvalue weighted by Crippen LogP contribution is 2.21. The van der Waals surface area contributed by atoms with Crippen LogP contribution < -0.4 is 10.6 Å². The number of aliphatic imine (C=N–C) groups is 1. The number of rotatable bonds is 6. The van der Waals surface area contributed by atoms with Crippen LogP contribution in [0.5, 0.6) is 0 Å². The second-order valence-corrected chi connectivity index (χ2v) is 5.93. The van der Waals surface area contributed by atoms with Gasteiger partial charge in [0.25, 0.3) is 0 Å². The fourth-order valence-electron chi connectivity index (χ4n) is 2.59. The summed E-state index contributed by atoms with van der Waals surface area (Å²) in [5.74, 6) is 0.657. The number of carbonyl (C=O) groups is 1. The average Bonchev–Trinajstić information content (AvgIpc) is 2.88. The lowest BCUT2D eigenvalue weighted by Gasteiger charge is -2.12. The Morgan fingerprint density at radius 3 is 2.71 bits per heavy atom. The molecule has 0 bridgehead atoms. The number of carbonyl (C=O) groups excluding carboxylic acids is 1. The molecule has 1 amide bonds. The van der Waals surface area contributed by atoms with Gasteiger partial charge >= 0.3 is 0 Å². The molecule has 0 unspecified atom stereocenters. The van der Waals surface area contributed by atoms with E-state index in [2.05, 4.69) is 45.7 Å². The van der Waals surface area contributed by atoms with Gasteiger partial charge in [0.15, 0.2) is 5.96 Å². The van der Waals surface area contributed by atoms with Gasteiger partial charge in [0.2, 0.25) is 5.91 Å². The second-order valence-electron chi connectivity index (χ2n) is 5.93. The normalized spacial score (nSPS) is 11.6. The van der Waals surface area contributed by atoms with E-state index in [0.29, 0.717) is 5.96 Å². The molecule has 3 N–H and O–H groups in total. The predicted octanol–water partition coefficient (Wildman–Crippen LogP) is 1.66. The molecule has 0 radical (unpaired) electrons. The Labute approximate surface area is 143 Å².